The lowest BCUT2D eigenvalue weighted by Crippen LogP contribution is -2.32. The lowest BCUT2D eigenvalue weighted by Gasteiger charge is -2.17. The molecule has 1 rings (SSSR count). The van der Waals surface area contributed by atoms with E-state index in [2.05, 4.69) is 0 Å². The molecule has 64 valence electrons. The first-order valence-electron chi connectivity index (χ1n) is 4.13. The van der Waals surface area contributed by atoms with E-state index in [0.29, 0.717) is 5.92 Å². The third-order valence-electron chi connectivity index (χ3n) is 2.17. The summed E-state index contributed by atoms with van der Waals surface area (Å²) in [6, 6.07) is 0. The van der Waals surface area contributed by atoms with Gasteiger partial charge >= 0.3 is 5.97 Å². The van der Waals surface area contributed by atoms with Crippen LogP contribution in [0.15, 0.2) is 0 Å². The molecule has 2 N–H and O–H groups in total. The Morgan fingerprint density at radius 1 is 1.55 bits per heavy atom. The molecular weight excluding hydrogens is 142 g/mol. The highest BCUT2D eigenvalue weighted by Gasteiger charge is 2.23. The molecule has 0 aromatic carbocycles. The SMILES string of the molecule is CC(=O)O[C@H](N)C1CCCC1. The number of ether oxygens (including phenoxy) is 1. The molecule has 1 aliphatic carbocycles. The summed E-state index contributed by atoms with van der Waals surface area (Å²) in [6.07, 6.45) is 4.29. The van der Waals surface area contributed by atoms with Gasteiger partial charge in [-0.05, 0) is 12.8 Å². The summed E-state index contributed by atoms with van der Waals surface area (Å²) in [5.74, 6) is 0.128. The predicted molar refractivity (Wildman–Crippen MR) is 41.7 cm³/mol. The molecular formula is C8H15NO2. The maximum absolute atomic E-state index is 10.5. The summed E-state index contributed by atoms with van der Waals surface area (Å²) >= 11 is 0. The average molecular weight is 157 g/mol. The average Bonchev–Trinajstić information content (AvgIpc) is 2.35. The molecule has 0 aromatic heterocycles. The Kier molecular flexibility index (Phi) is 2.88. The van der Waals surface area contributed by atoms with Crippen LogP contribution >= 0.6 is 0 Å². The summed E-state index contributed by atoms with van der Waals surface area (Å²) in [5, 5.41) is 0. The van der Waals surface area contributed by atoms with E-state index < -0.39 is 0 Å². The Hall–Kier alpha value is -0.570. The number of hydrogen-bond acceptors (Lipinski definition) is 3. The molecule has 3 heteroatoms. The number of hydrogen-bond donors (Lipinski definition) is 1. The summed E-state index contributed by atoms with van der Waals surface area (Å²) in [6.45, 7) is 1.40. The molecule has 0 aromatic rings. The van der Waals surface area contributed by atoms with Crippen LogP contribution in [-0.4, -0.2) is 12.2 Å². The summed E-state index contributed by atoms with van der Waals surface area (Å²) in [5.41, 5.74) is 5.64. The minimum atomic E-state index is -0.366. The van der Waals surface area contributed by atoms with Crippen LogP contribution in [0, 0.1) is 5.92 Å². The second-order valence-electron chi connectivity index (χ2n) is 3.12. The smallest absolute Gasteiger partial charge is 0.304 e. The molecule has 1 aliphatic rings. The van der Waals surface area contributed by atoms with Crippen molar-refractivity contribution in [2.75, 3.05) is 0 Å². The van der Waals surface area contributed by atoms with Crippen molar-refractivity contribution in [1.29, 1.82) is 0 Å². The van der Waals surface area contributed by atoms with Crippen LogP contribution in [0.1, 0.15) is 32.6 Å². The second kappa shape index (κ2) is 3.72. The van der Waals surface area contributed by atoms with Crippen LogP contribution < -0.4 is 5.73 Å². The Morgan fingerprint density at radius 2 is 2.09 bits per heavy atom. The van der Waals surface area contributed by atoms with Gasteiger partial charge in [-0.25, -0.2) is 0 Å². The molecule has 1 fully saturated rings. The Morgan fingerprint density at radius 3 is 2.55 bits per heavy atom. The van der Waals surface area contributed by atoms with E-state index in [9.17, 15) is 4.79 Å². The molecule has 0 amide bonds. The summed E-state index contributed by atoms with van der Waals surface area (Å²) in [7, 11) is 0. The molecule has 0 aliphatic heterocycles. The maximum Gasteiger partial charge on any atom is 0.304 e. The van der Waals surface area contributed by atoms with Gasteiger partial charge in [0, 0.05) is 12.8 Å². The highest BCUT2D eigenvalue weighted by atomic mass is 16.6. The summed E-state index contributed by atoms with van der Waals surface area (Å²) < 4.78 is 4.87. The molecule has 0 spiro atoms. The van der Waals surface area contributed by atoms with E-state index in [1.54, 1.807) is 0 Å². The number of rotatable bonds is 2. The van der Waals surface area contributed by atoms with Crippen molar-refractivity contribution in [3.05, 3.63) is 0 Å². The van der Waals surface area contributed by atoms with Gasteiger partial charge in [0.05, 0.1) is 0 Å². The normalized spacial score (nSPS) is 21.6. The van der Waals surface area contributed by atoms with Crippen LogP contribution in [0.3, 0.4) is 0 Å². The van der Waals surface area contributed by atoms with Gasteiger partial charge in [-0.2, -0.15) is 0 Å². The Balaban J connectivity index is 2.28. The highest BCUT2D eigenvalue weighted by Crippen LogP contribution is 2.27. The molecule has 0 heterocycles. The minimum Gasteiger partial charge on any atom is -0.447 e. The molecule has 0 saturated heterocycles. The van der Waals surface area contributed by atoms with Crippen molar-refractivity contribution in [2.24, 2.45) is 11.7 Å². The lowest BCUT2D eigenvalue weighted by atomic mass is 10.1. The van der Waals surface area contributed by atoms with E-state index in [1.807, 2.05) is 0 Å². The van der Waals surface area contributed by atoms with E-state index in [-0.39, 0.29) is 12.2 Å². The van der Waals surface area contributed by atoms with Crippen LogP contribution in [0.25, 0.3) is 0 Å². The van der Waals surface area contributed by atoms with Crippen LogP contribution in [0.2, 0.25) is 0 Å². The Bertz CT molecular complexity index is 141. The zero-order valence-corrected chi connectivity index (χ0v) is 6.88. The lowest BCUT2D eigenvalue weighted by molar-refractivity contribution is -0.148. The third kappa shape index (κ3) is 2.50. The number of carbonyl (C=O) groups is 1. The molecule has 0 bridgehead atoms. The van der Waals surface area contributed by atoms with Gasteiger partial charge in [0.2, 0.25) is 0 Å². The molecule has 0 radical (unpaired) electrons. The molecule has 1 atom stereocenters. The summed E-state index contributed by atoms with van der Waals surface area (Å²) in [4.78, 5) is 10.5. The minimum absolute atomic E-state index is 0.274. The van der Waals surface area contributed by atoms with Crippen molar-refractivity contribution in [1.82, 2.24) is 0 Å². The topological polar surface area (TPSA) is 52.3 Å². The quantitative estimate of drug-likeness (QED) is 0.481. The van der Waals surface area contributed by atoms with Gasteiger partial charge in [-0.1, -0.05) is 12.8 Å². The monoisotopic (exact) mass is 157 g/mol. The van der Waals surface area contributed by atoms with E-state index >= 15 is 0 Å². The van der Waals surface area contributed by atoms with Crippen molar-refractivity contribution >= 4 is 5.97 Å². The molecule has 1 saturated carbocycles. The number of esters is 1. The van der Waals surface area contributed by atoms with Gasteiger partial charge in [0.1, 0.15) is 0 Å². The van der Waals surface area contributed by atoms with E-state index in [1.165, 1.54) is 19.8 Å². The maximum atomic E-state index is 10.5. The fourth-order valence-electron chi connectivity index (χ4n) is 1.57. The van der Waals surface area contributed by atoms with Crippen LogP contribution in [-0.2, 0) is 9.53 Å². The first-order valence-corrected chi connectivity index (χ1v) is 4.13. The van der Waals surface area contributed by atoms with E-state index in [4.69, 9.17) is 10.5 Å². The van der Waals surface area contributed by atoms with Gasteiger partial charge in [0.15, 0.2) is 6.23 Å². The fraction of sp³-hybridized carbons (Fsp3) is 0.875. The zero-order valence-electron chi connectivity index (χ0n) is 6.88. The van der Waals surface area contributed by atoms with E-state index in [0.717, 1.165) is 12.8 Å². The van der Waals surface area contributed by atoms with Gasteiger partial charge in [0.25, 0.3) is 0 Å². The predicted octanol–water partition coefficient (Wildman–Crippen LogP) is 1.02. The number of carbonyl (C=O) groups excluding carboxylic acids is 1. The fourth-order valence-corrected chi connectivity index (χ4v) is 1.57. The zero-order chi connectivity index (χ0) is 8.27. The van der Waals surface area contributed by atoms with Crippen molar-refractivity contribution in [3.8, 4) is 0 Å². The highest BCUT2D eigenvalue weighted by molar-refractivity contribution is 5.66. The van der Waals surface area contributed by atoms with Crippen molar-refractivity contribution in [3.63, 3.8) is 0 Å². The van der Waals surface area contributed by atoms with Crippen molar-refractivity contribution < 1.29 is 9.53 Å². The van der Waals surface area contributed by atoms with Gasteiger partial charge in [-0.3, -0.25) is 10.5 Å². The van der Waals surface area contributed by atoms with Crippen LogP contribution in [0.4, 0.5) is 0 Å². The number of nitrogens with two attached hydrogens (primary N) is 1. The van der Waals surface area contributed by atoms with Crippen LogP contribution in [0.5, 0.6) is 0 Å². The largest absolute Gasteiger partial charge is 0.447 e. The molecule has 0 unspecified atom stereocenters. The van der Waals surface area contributed by atoms with Crippen molar-refractivity contribution in [2.45, 2.75) is 38.8 Å². The Labute approximate surface area is 66.9 Å². The standard InChI is InChI=1S/C8H15NO2/c1-6(10)11-8(9)7-4-2-3-5-7/h7-8H,2-5,9H2,1H3/t8-/m0/s1. The van der Waals surface area contributed by atoms with Gasteiger partial charge in [-0.15, -0.1) is 0 Å². The molecule has 3 nitrogen and oxygen atoms in total. The van der Waals surface area contributed by atoms with Gasteiger partial charge < -0.3 is 4.74 Å². The first kappa shape index (κ1) is 8.53. The first-order chi connectivity index (χ1) is 5.20. The third-order valence-corrected chi connectivity index (χ3v) is 2.17. The second-order valence-corrected chi connectivity index (χ2v) is 3.12. The molecule has 11 heavy (non-hydrogen) atoms.